The van der Waals surface area contributed by atoms with Gasteiger partial charge in [-0.3, -0.25) is 4.72 Å². The molecular formula is C10H15NO5S2. The minimum Gasteiger partial charge on any atom is -0.506 e. The molecule has 0 saturated carbocycles. The Balaban J connectivity index is 2.86. The van der Waals surface area contributed by atoms with Crippen molar-refractivity contribution < 1.29 is 21.9 Å². The number of anilines is 1. The standard InChI is InChI=1S/C10H15NO5S2/c1-8-3-4-10(12)9(7-8)11-18(15,16)6-5-17(2,13)14/h3-4,7,11-12H,5-6H2,1-2H3. The number of hydrogen-bond donors (Lipinski definition) is 2. The third kappa shape index (κ3) is 4.92. The molecule has 0 radical (unpaired) electrons. The minimum atomic E-state index is -3.80. The number of nitrogens with one attached hydrogen (secondary N) is 1. The van der Waals surface area contributed by atoms with Crippen molar-refractivity contribution in [2.24, 2.45) is 0 Å². The molecule has 0 aromatic heterocycles. The van der Waals surface area contributed by atoms with Crippen molar-refractivity contribution in [3.05, 3.63) is 23.8 Å². The van der Waals surface area contributed by atoms with Crippen LogP contribution in [0.1, 0.15) is 5.56 Å². The lowest BCUT2D eigenvalue weighted by Crippen LogP contribution is -2.22. The summed E-state index contributed by atoms with van der Waals surface area (Å²) >= 11 is 0. The van der Waals surface area contributed by atoms with Crippen molar-refractivity contribution in [1.82, 2.24) is 0 Å². The number of aromatic hydroxyl groups is 1. The van der Waals surface area contributed by atoms with E-state index in [1.165, 1.54) is 12.1 Å². The lowest BCUT2D eigenvalue weighted by Gasteiger charge is -2.09. The molecule has 1 rings (SSSR count). The summed E-state index contributed by atoms with van der Waals surface area (Å²) in [6.45, 7) is 1.74. The molecular weight excluding hydrogens is 278 g/mol. The van der Waals surface area contributed by atoms with Crippen LogP contribution in [0.5, 0.6) is 5.75 Å². The van der Waals surface area contributed by atoms with Crippen LogP contribution in [0.25, 0.3) is 0 Å². The molecule has 0 aliphatic heterocycles. The first-order valence-corrected chi connectivity index (χ1v) is 8.78. The van der Waals surface area contributed by atoms with Gasteiger partial charge in [0.1, 0.15) is 15.6 Å². The van der Waals surface area contributed by atoms with Crippen LogP contribution in [-0.4, -0.2) is 39.7 Å². The molecule has 0 saturated heterocycles. The number of sulfonamides is 1. The van der Waals surface area contributed by atoms with Crippen LogP contribution in [0.3, 0.4) is 0 Å². The lowest BCUT2D eigenvalue weighted by molar-refractivity contribution is 0.477. The van der Waals surface area contributed by atoms with Crippen LogP contribution in [0.2, 0.25) is 0 Å². The van der Waals surface area contributed by atoms with Crippen LogP contribution < -0.4 is 4.72 Å². The largest absolute Gasteiger partial charge is 0.506 e. The van der Waals surface area contributed by atoms with E-state index in [1.54, 1.807) is 13.0 Å². The number of rotatable bonds is 5. The van der Waals surface area contributed by atoms with E-state index >= 15 is 0 Å². The van der Waals surface area contributed by atoms with E-state index in [-0.39, 0.29) is 11.4 Å². The summed E-state index contributed by atoms with van der Waals surface area (Å²) in [5.74, 6) is -1.21. The Morgan fingerprint density at radius 3 is 2.33 bits per heavy atom. The first-order chi connectivity index (χ1) is 8.09. The number of phenolic OH excluding ortho intramolecular Hbond substituents is 1. The van der Waals surface area contributed by atoms with E-state index in [1.807, 2.05) is 0 Å². The van der Waals surface area contributed by atoms with E-state index in [0.717, 1.165) is 11.8 Å². The van der Waals surface area contributed by atoms with Crippen molar-refractivity contribution in [2.45, 2.75) is 6.92 Å². The molecule has 0 amide bonds. The van der Waals surface area contributed by atoms with Gasteiger partial charge in [-0.2, -0.15) is 0 Å². The number of hydrogen-bond acceptors (Lipinski definition) is 5. The molecule has 0 fully saturated rings. The van der Waals surface area contributed by atoms with Gasteiger partial charge in [0.05, 0.1) is 17.2 Å². The van der Waals surface area contributed by atoms with Crippen LogP contribution >= 0.6 is 0 Å². The van der Waals surface area contributed by atoms with Gasteiger partial charge >= 0.3 is 0 Å². The van der Waals surface area contributed by atoms with Gasteiger partial charge in [-0.05, 0) is 24.6 Å². The maximum Gasteiger partial charge on any atom is 0.233 e. The highest BCUT2D eigenvalue weighted by atomic mass is 32.2. The molecule has 0 spiro atoms. The monoisotopic (exact) mass is 293 g/mol. The average molecular weight is 293 g/mol. The molecule has 0 bridgehead atoms. The molecule has 0 aliphatic carbocycles. The van der Waals surface area contributed by atoms with Crippen LogP contribution in [0.15, 0.2) is 18.2 Å². The first kappa shape index (κ1) is 14.8. The second kappa shape index (κ2) is 5.15. The van der Waals surface area contributed by atoms with Gasteiger partial charge in [0.15, 0.2) is 0 Å². The quantitative estimate of drug-likeness (QED) is 0.769. The van der Waals surface area contributed by atoms with Crippen molar-refractivity contribution in [3.63, 3.8) is 0 Å². The van der Waals surface area contributed by atoms with Gasteiger partial charge in [0, 0.05) is 6.26 Å². The average Bonchev–Trinajstić information content (AvgIpc) is 2.20. The molecule has 18 heavy (non-hydrogen) atoms. The van der Waals surface area contributed by atoms with E-state index in [2.05, 4.69) is 4.72 Å². The highest BCUT2D eigenvalue weighted by molar-refractivity contribution is 7.95. The third-order valence-corrected chi connectivity index (χ3v) is 4.62. The van der Waals surface area contributed by atoms with Crippen molar-refractivity contribution in [1.29, 1.82) is 0 Å². The van der Waals surface area contributed by atoms with E-state index in [9.17, 15) is 21.9 Å². The Morgan fingerprint density at radius 2 is 1.78 bits per heavy atom. The molecule has 8 heteroatoms. The van der Waals surface area contributed by atoms with Crippen molar-refractivity contribution >= 4 is 25.5 Å². The summed E-state index contributed by atoms with van der Waals surface area (Å²) < 4.78 is 47.2. The molecule has 0 unspecified atom stereocenters. The SMILES string of the molecule is Cc1ccc(O)c(NS(=O)(=O)CCS(C)(=O)=O)c1. The van der Waals surface area contributed by atoms with Crippen LogP contribution in [0.4, 0.5) is 5.69 Å². The zero-order chi connectivity index (χ0) is 14.0. The Labute approximate surface area is 107 Å². The summed E-state index contributed by atoms with van der Waals surface area (Å²) in [6, 6.07) is 4.46. The molecule has 2 N–H and O–H groups in total. The summed E-state index contributed by atoms with van der Waals surface area (Å²) in [6.07, 6.45) is 0.965. The topological polar surface area (TPSA) is 101 Å². The maximum absolute atomic E-state index is 11.6. The Bertz CT molecular complexity index is 634. The fourth-order valence-electron chi connectivity index (χ4n) is 1.21. The second-order valence-electron chi connectivity index (χ2n) is 4.07. The second-order valence-corrected chi connectivity index (χ2v) is 8.17. The van der Waals surface area contributed by atoms with Crippen LogP contribution in [-0.2, 0) is 19.9 Å². The molecule has 102 valence electrons. The fraction of sp³-hybridized carbons (Fsp3) is 0.400. The van der Waals surface area contributed by atoms with Gasteiger partial charge in [-0.1, -0.05) is 6.07 Å². The summed E-state index contributed by atoms with van der Waals surface area (Å²) in [5, 5.41) is 9.48. The summed E-state index contributed by atoms with van der Waals surface area (Å²) in [7, 11) is -7.15. The maximum atomic E-state index is 11.6. The van der Waals surface area contributed by atoms with Gasteiger partial charge < -0.3 is 5.11 Å². The van der Waals surface area contributed by atoms with Gasteiger partial charge in [0.25, 0.3) is 0 Å². The molecule has 1 aromatic rings. The van der Waals surface area contributed by atoms with Gasteiger partial charge in [0.2, 0.25) is 10.0 Å². The number of phenols is 1. The predicted octanol–water partition coefficient (Wildman–Crippen LogP) is 0.487. The Hall–Kier alpha value is -1.28. The predicted molar refractivity (Wildman–Crippen MR) is 70.0 cm³/mol. The minimum absolute atomic E-state index is 0.0449. The van der Waals surface area contributed by atoms with Gasteiger partial charge in [-0.15, -0.1) is 0 Å². The zero-order valence-corrected chi connectivity index (χ0v) is 11.7. The number of sulfone groups is 1. The van der Waals surface area contributed by atoms with Gasteiger partial charge in [-0.25, -0.2) is 16.8 Å². The smallest absolute Gasteiger partial charge is 0.233 e. The van der Waals surface area contributed by atoms with Crippen LogP contribution in [0, 0.1) is 6.92 Å². The van der Waals surface area contributed by atoms with Crippen molar-refractivity contribution in [3.8, 4) is 5.75 Å². The molecule has 6 nitrogen and oxygen atoms in total. The Kier molecular flexibility index (Phi) is 4.23. The lowest BCUT2D eigenvalue weighted by atomic mass is 10.2. The molecule has 0 atom stereocenters. The van der Waals surface area contributed by atoms with Crippen molar-refractivity contribution in [2.75, 3.05) is 22.5 Å². The van der Waals surface area contributed by atoms with E-state index < -0.39 is 31.4 Å². The molecule has 0 heterocycles. The molecule has 0 aliphatic rings. The number of benzene rings is 1. The van der Waals surface area contributed by atoms with E-state index in [0.29, 0.717) is 0 Å². The zero-order valence-electron chi connectivity index (χ0n) is 10.0. The molecule has 1 aromatic carbocycles. The first-order valence-electron chi connectivity index (χ1n) is 5.07. The normalized spacial score (nSPS) is 12.3. The Morgan fingerprint density at radius 1 is 1.17 bits per heavy atom. The summed E-state index contributed by atoms with van der Waals surface area (Å²) in [5.41, 5.74) is 0.817. The van der Waals surface area contributed by atoms with E-state index in [4.69, 9.17) is 0 Å². The fourth-order valence-corrected chi connectivity index (χ4v) is 3.90. The third-order valence-electron chi connectivity index (χ3n) is 2.14. The summed E-state index contributed by atoms with van der Waals surface area (Å²) in [4.78, 5) is 0. The number of aryl methyl sites for hydroxylation is 1. The highest BCUT2D eigenvalue weighted by Gasteiger charge is 2.16. The highest BCUT2D eigenvalue weighted by Crippen LogP contribution is 2.24.